The van der Waals surface area contributed by atoms with Crippen LogP contribution >= 0.6 is 23.2 Å². The molecule has 2 saturated heterocycles. The lowest BCUT2D eigenvalue weighted by Gasteiger charge is -2.41. The fourth-order valence-corrected chi connectivity index (χ4v) is 5.70. The quantitative estimate of drug-likeness (QED) is 0.589. The van der Waals surface area contributed by atoms with E-state index >= 15 is 0 Å². The number of benzene rings is 2. The van der Waals surface area contributed by atoms with Crippen LogP contribution in [0.5, 0.6) is 0 Å². The number of amides is 4. The van der Waals surface area contributed by atoms with E-state index in [0.29, 0.717) is 31.0 Å². The van der Waals surface area contributed by atoms with Crippen molar-refractivity contribution in [2.24, 2.45) is 11.3 Å². The lowest BCUT2D eigenvalue weighted by Crippen LogP contribution is -2.55. The minimum absolute atomic E-state index is 0.187. The average Bonchev–Trinajstić information content (AvgIpc) is 3.04. The Morgan fingerprint density at radius 1 is 1.03 bits per heavy atom. The van der Waals surface area contributed by atoms with Gasteiger partial charge in [0.15, 0.2) is 0 Å². The van der Waals surface area contributed by atoms with Gasteiger partial charge in [-0.05, 0) is 42.5 Å². The minimum Gasteiger partial charge on any atom is -0.341 e. The summed E-state index contributed by atoms with van der Waals surface area (Å²) in [5.74, 6) is -1.88. The summed E-state index contributed by atoms with van der Waals surface area (Å²) >= 11 is 12.2. The molecule has 0 bridgehead atoms. The molecular weight excluding hydrogens is 501 g/mol. The zero-order valence-electron chi connectivity index (χ0n) is 20.5. The average molecular weight is 530 g/mol. The normalized spacial score (nSPS) is 20.2. The number of rotatable bonds is 5. The van der Waals surface area contributed by atoms with Gasteiger partial charge in [0, 0.05) is 25.2 Å². The molecule has 190 valence electrons. The number of piperidine rings is 1. The fraction of sp³-hybridized carbons (Fsp3) is 0.407. The number of hydrogen-bond donors (Lipinski definition) is 1. The van der Waals surface area contributed by atoms with Crippen molar-refractivity contribution in [2.75, 3.05) is 20.1 Å². The zero-order chi connectivity index (χ0) is 26.2. The number of hydrogen-bond acceptors (Lipinski definition) is 4. The van der Waals surface area contributed by atoms with Crippen molar-refractivity contribution in [1.29, 1.82) is 0 Å². The van der Waals surface area contributed by atoms with Gasteiger partial charge in [0.2, 0.25) is 17.7 Å². The summed E-state index contributed by atoms with van der Waals surface area (Å²) in [6.07, 6.45) is 0.734. The highest BCUT2D eigenvalue weighted by atomic mass is 35.5. The summed E-state index contributed by atoms with van der Waals surface area (Å²) < 4.78 is 0. The molecule has 7 nitrogen and oxygen atoms in total. The standard InChI is InChI=1S/C27H29Cl2N3O4/c1-16(2)22(30-23(33)19-15-18(28)9-10-20(19)29)25(35)32-13-11-27(12-14-32)21(17-7-5-4-6-8-17)24(34)31(3)26(27)36/h4-10,15-16,21-22H,11-14H2,1-3H3,(H,30,33)/t21?,22-/m1/s1. The van der Waals surface area contributed by atoms with Crippen LogP contribution in [0.15, 0.2) is 48.5 Å². The third-order valence-corrected chi connectivity index (χ3v) is 7.92. The van der Waals surface area contributed by atoms with Crippen LogP contribution in [0, 0.1) is 11.3 Å². The predicted octanol–water partition coefficient (Wildman–Crippen LogP) is 4.14. The summed E-state index contributed by atoms with van der Waals surface area (Å²) in [6, 6.07) is 13.2. The first-order valence-electron chi connectivity index (χ1n) is 12.0. The molecule has 36 heavy (non-hydrogen) atoms. The number of carbonyl (C=O) groups excluding carboxylic acids is 4. The Morgan fingerprint density at radius 2 is 1.67 bits per heavy atom. The molecule has 4 amide bonds. The summed E-state index contributed by atoms with van der Waals surface area (Å²) in [5.41, 5.74) is 0.129. The molecule has 2 aliphatic rings. The van der Waals surface area contributed by atoms with Crippen LogP contribution in [0.2, 0.25) is 10.0 Å². The van der Waals surface area contributed by atoms with E-state index in [0.717, 1.165) is 5.56 Å². The molecule has 2 aromatic carbocycles. The van der Waals surface area contributed by atoms with E-state index in [1.807, 2.05) is 44.2 Å². The van der Waals surface area contributed by atoms with Crippen molar-refractivity contribution in [3.63, 3.8) is 0 Å². The van der Waals surface area contributed by atoms with Crippen LogP contribution in [0.3, 0.4) is 0 Å². The van der Waals surface area contributed by atoms with E-state index in [-0.39, 0.29) is 34.2 Å². The van der Waals surface area contributed by atoms with Gasteiger partial charge in [0.1, 0.15) is 6.04 Å². The van der Waals surface area contributed by atoms with Crippen LogP contribution in [0.1, 0.15) is 48.5 Å². The molecule has 0 radical (unpaired) electrons. The van der Waals surface area contributed by atoms with E-state index in [9.17, 15) is 19.2 Å². The second-order valence-electron chi connectivity index (χ2n) is 9.85. The van der Waals surface area contributed by atoms with Crippen molar-refractivity contribution in [3.8, 4) is 0 Å². The first-order valence-corrected chi connectivity index (χ1v) is 12.7. The maximum absolute atomic E-state index is 13.5. The van der Waals surface area contributed by atoms with E-state index in [1.54, 1.807) is 11.0 Å². The van der Waals surface area contributed by atoms with Crippen LogP contribution in [0.4, 0.5) is 0 Å². The van der Waals surface area contributed by atoms with Crippen LogP contribution in [0.25, 0.3) is 0 Å². The highest BCUT2D eigenvalue weighted by molar-refractivity contribution is 6.35. The van der Waals surface area contributed by atoms with Gasteiger partial charge in [-0.15, -0.1) is 0 Å². The molecule has 2 aromatic rings. The zero-order valence-corrected chi connectivity index (χ0v) is 22.0. The Labute approximate surface area is 220 Å². The van der Waals surface area contributed by atoms with Crippen molar-refractivity contribution in [1.82, 2.24) is 15.1 Å². The van der Waals surface area contributed by atoms with Gasteiger partial charge < -0.3 is 10.2 Å². The lowest BCUT2D eigenvalue weighted by atomic mass is 9.67. The first kappa shape index (κ1) is 26.2. The van der Waals surface area contributed by atoms with Gasteiger partial charge in [-0.25, -0.2) is 0 Å². The molecule has 0 aromatic heterocycles. The third kappa shape index (κ3) is 4.62. The molecule has 1 unspecified atom stereocenters. The number of likely N-dealkylation sites (N-methyl/N-ethyl adjacent to an activating group) is 1. The van der Waals surface area contributed by atoms with Gasteiger partial charge in [0.05, 0.1) is 21.9 Å². The SMILES string of the molecule is CC(C)[C@@H](NC(=O)c1cc(Cl)ccc1Cl)C(=O)N1CCC2(CC1)C(=O)N(C)C(=O)C2c1ccccc1. The highest BCUT2D eigenvalue weighted by Gasteiger charge is 2.59. The summed E-state index contributed by atoms with van der Waals surface area (Å²) in [7, 11) is 1.53. The van der Waals surface area contributed by atoms with Gasteiger partial charge in [-0.3, -0.25) is 24.1 Å². The van der Waals surface area contributed by atoms with E-state index < -0.39 is 23.3 Å². The third-order valence-electron chi connectivity index (χ3n) is 7.35. The van der Waals surface area contributed by atoms with E-state index in [1.165, 1.54) is 24.1 Å². The molecule has 2 heterocycles. The number of carbonyl (C=O) groups is 4. The predicted molar refractivity (Wildman–Crippen MR) is 138 cm³/mol. The Kier molecular flexibility index (Phi) is 7.43. The van der Waals surface area contributed by atoms with Gasteiger partial charge in [0.25, 0.3) is 5.91 Å². The summed E-state index contributed by atoms with van der Waals surface area (Å²) in [6.45, 7) is 4.33. The summed E-state index contributed by atoms with van der Waals surface area (Å²) in [5, 5.41) is 3.42. The van der Waals surface area contributed by atoms with Gasteiger partial charge >= 0.3 is 0 Å². The topological polar surface area (TPSA) is 86.8 Å². The maximum atomic E-state index is 13.5. The van der Waals surface area contributed by atoms with Crippen molar-refractivity contribution in [3.05, 3.63) is 69.7 Å². The van der Waals surface area contributed by atoms with Gasteiger partial charge in [-0.1, -0.05) is 67.4 Å². The Balaban J connectivity index is 1.52. The number of likely N-dealkylation sites (tertiary alicyclic amines) is 2. The molecule has 2 fully saturated rings. The monoisotopic (exact) mass is 529 g/mol. The fourth-order valence-electron chi connectivity index (χ4n) is 5.32. The first-order chi connectivity index (χ1) is 17.1. The van der Waals surface area contributed by atoms with Crippen molar-refractivity contribution >= 4 is 46.8 Å². The Bertz CT molecular complexity index is 1190. The van der Waals surface area contributed by atoms with Crippen LogP contribution < -0.4 is 5.32 Å². The van der Waals surface area contributed by atoms with Gasteiger partial charge in [-0.2, -0.15) is 0 Å². The second-order valence-corrected chi connectivity index (χ2v) is 10.7. The highest BCUT2D eigenvalue weighted by Crippen LogP contribution is 2.51. The molecule has 2 atom stereocenters. The Hall–Kier alpha value is -2.90. The molecule has 4 rings (SSSR count). The number of imide groups is 1. The molecule has 0 saturated carbocycles. The van der Waals surface area contributed by atoms with E-state index in [2.05, 4.69) is 5.32 Å². The number of halogens is 2. The largest absolute Gasteiger partial charge is 0.341 e. The molecule has 2 aliphatic heterocycles. The van der Waals surface area contributed by atoms with E-state index in [4.69, 9.17) is 23.2 Å². The molecule has 9 heteroatoms. The maximum Gasteiger partial charge on any atom is 0.253 e. The molecular formula is C27H29Cl2N3O4. The molecule has 1 N–H and O–H groups in total. The molecule has 0 aliphatic carbocycles. The van der Waals surface area contributed by atoms with Crippen molar-refractivity contribution in [2.45, 2.75) is 38.6 Å². The number of nitrogens with one attached hydrogen (secondary N) is 1. The second kappa shape index (κ2) is 10.2. The minimum atomic E-state index is -0.880. The van der Waals surface area contributed by atoms with Crippen LogP contribution in [-0.2, 0) is 14.4 Å². The lowest BCUT2D eigenvalue weighted by molar-refractivity contribution is -0.144. The number of nitrogens with zero attached hydrogens (tertiary/aromatic N) is 2. The summed E-state index contributed by atoms with van der Waals surface area (Å²) in [4.78, 5) is 55.7. The van der Waals surface area contributed by atoms with Crippen molar-refractivity contribution < 1.29 is 19.2 Å². The Morgan fingerprint density at radius 3 is 2.28 bits per heavy atom. The smallest absolute Gasteiger partial charge is 0.253 e. The van der Waals surface area contributed by atoms with Crippen LogP contribution in [-0.4, -0.2) is 59.6 Å². The molecule has 1 spiro atoms.